The zero-order chi connectivity index (χ0) is 18.5. The molecule has 7 heteroatoms. The average Bonchev–Trinajstić information content (AvgIpc) is 2.97. The maximum absolute atomic E-state index is 12.4. The molecule has 1 unspecified atom stereocenters. The van der Waals surface area contributed by atoms with Crippen molar-refractivity contribution in [2.24, 2.45) is 10.2 Å². The molecule has 2 aromatic rings. The lowest BCUT2D eigenvalue weighted by molar-refractivity contribution is -0.118. The van der Waals surface area contributed by atoms with E-state index >= 15 is 0 Å². The third-order valence-corrected chi connectivity index (χ3v) is 5.28. The second kappa shape index (κ2) is 8.29. The molecule has 1 amide bonds. The number of rotatable bonds is 5. The summed E-state index contributed by atoms with van der Waals surface area (Å²) in [6.07, 6.45) is 1.70. The van der Waals surface area contributed by atoms with E-state index in [1.165, 1.54) is 11.8 Å². The number of hydrogen-bond donors (Lipinski definition) is 1. The molecule has 1 aliphatic heterocycles. The van der Waals surface area contributed by atoms with E-state index in [1.807, 2.05) is 37.3 Å². The van der Waals surface area contributed by atoms with E-state index in [0.29, 0.717) is 15.8 Å². The Labute approximate surface area is 160 Å². The zero-order valence-corrected chi connectivity index (χ0v) is 15.6. The number of halogens is 1. The fraction of sp³-hybridized carbons (Fsp3) is 0.158. The number of aryl methyl sites for hydroxylation is 1. The van der Waals surface area contributed by atoms with E-state index in [2.05, 4.69) is 15.5 Å². The first-order valence-corrected chi connectivity index (χ1v) is 9.21. The molecule has 3 rings (SSSR count). The molecule has 132 valence electrons. The summed E-state index contributed by atoms with van der Waals surface area (Å²) in [5.41, 5.74) is 2.29. The molecule has 1 saturated heterocycles. The fourth-order valence-electron chi connectivity index (χ4n) is 2.38. The Balaban J connectivity index is 1.62. The van der Waals surface area contributed by atoms with E-state index in [4.69, 9.17) is 11.6 Å². The predicted molar refractivity (Wildman–Crippen MR) is 106 cm³/mol. The Bertz CT molecular complexity index is 897. The van der Waals surface area contributed by atoms with Crippen molar-refractivity contribution in [3.8, 4) is 0 Å². The molecule has 2 aromatic carbocycles. The molecule has 26 heavy (non-hydrogen) atoms. The van der Waals surface area contributed by atoms with E-state index in [9.17, 15) is 9.59 Å². The predicted octanol–water partition coefficient (Wildman–Crippen LogP) is 3.84. The van der Waals surface area contributed by atoms with Gasteiger partial charge in [0.15, 0.2) is 11.0 Å². The summed E-state index contributed by atoms with van der Waals surface area (Å²) in [6.45, 7) is 1.84. The average molecular weight is 386 g/mol. The van der Waals surface area contributed by atoms with E-state index < -0.39 is 5.25 Å². The molecule has 0 aliphatic carbocycles. The van der Waals surface area contributed by atoms with Crippen LogP contribution < -0.4 is 5.32 Å². The first-order chi connectivity index (χ1) is 12.5. The summed E-state index contributed by atoms with van der Waals surface area (Å²) < 4.78 is 0. The van der Waals surface area contributed by atoms with Crippen molar-refractivity contribution < 1.29 is 9.59 Å². The molecular weight excluding hydrogens is 370 g/mol. The Kier molecular flexibility index (Phi) is 5.85. The first-order valence-electron chi connectivity index (χ1n) is 7.96. The van der Waals surface area contributed by atoms with Crippen molar-refractivity contribution in [2.75, 3.05) is 0 Å². The summed E-state index contributed by atoms with van der Waals surface area (Å²) in [5.74, 6) is -0.339. The van der Waals surface area contributed by atoms with Crippen LogP contribution in [-0.4, -0.2) is 28.3 Å². The lowest BCUT2D eigenvalue weighted by atomic mass is 10.0. The van der Waals surface area contributed by atoms with Crippen molar-refractivity contribution in [2.45, 2.75) is 18.6 Å². The molecule has 0 radical (unpaired) electrons. The van der Waals surface area contributed by atoms with Crippen LogP contribution >= 0.6 is 23.4 Å². The summed E-state index contributed by atoms with van der Waals surface area (Å²) in [4.78, 5) is 24.5. The van der Waals surface area contributed by atoms with Gasteiger partial charge in [0.1, 0.15) is 0 Å². The van der Waals surface area contributed by atoms with Crippen molar-refractivity contribution >= 4 is 46.4 Å². The number of amidine groups is 1. The Hall–Kier alpha value is -2.44. The van der Waals surface area contributed by atoms with Crippen molar-refractivity contribution in [1.82, 2.24) is 5.32 Å². The highest BCUT2D eigenvalue weighted by atomic mass is 35.5. The van der Waals surface area contributed by atoms with E-state index in [1.54, 1.807) is 24.4 Å². The van der Waals surface area contributed by atoms with Crippen LogP contribution in [0.2, 0.25) is 5.02 Å². The molecule has 1 atom stereocenters. The standard InChI is InChI=1S/C19H16ClN3O2S/c1-12-9-14(7-8-15(12)20)16(24)10-17-18(25)22-19(26-17)23-21-11-13-5-3-2-4-6-13/h2-9,11,17H,10H2,1H3,(H,22,23,25)/b21-11+. The van der Waals surface area contributed by atoms with Crippen LogP contribution in [-0.2, 0) is 4.79 Å². The Morgan fingerprint density at radius 3 is 2.77 bits per heavy atom. The minimum Gasteiger partial charge on any atom is -0.303 e. The summed E-state index contributed by atoms with van der Waals surface area (Å²) >= 11 is 7.19. The molecule has 1 fully saturated rings. The third-order valence-electron chi connectivity index (χ3n) is 3.78. The molecule has 0 spiro atoms. The SMILES string of the molecule is Cc1cc(C(=O)CC2S/C(=N\N=C\c3ccccc3)NC2=O)ccc1Cl. The van der Waals surface area contributed by atoms with Crippen LogP contribution in [0.1, 0.15) is 27.9 Å². The molecule has 0 aromatic heterocycles. The lowest BCUT2D eigenvalue weighted by Crippen LogP contribution is -2.26. The maximum atomic E-state index is 12.4. The van der Waals surface area contributed by atoms with Crippen molar-refractivity contribution in [3.05, 3.63) is 70.2 Å². The second-order valence-electron chi connectivity index (χ2n) is 5.75. The molecule has 0 bridgehead atoms. The highest BCUT2D eigenvalue weighted by molar-refractivity contribution is 8.15. The van der Waals surface area contributed by atoms with Gasteiger partial charge in [-0.3, -0.25) is 9.59 Å². The van der Waals surface area contributed by atoms with E-state index in [-0.39, 0.29) is 18.1 Å². The number of hydrogen-bond acceptors (Lipinski definition) is 5. The topological polar surface area (TPSA) is 70.9 Å². The van der Waals surface area contributed by atoms with Crippen LogP contribution in [0, 0.1) is 6.92 Å². The monoisotopic (exact) mass is 385 g/mol. The molecule has 1 N–H and O–H groups in total. The second-order valence-corrected chi connectivity index (χ2v) is 7.35. The number of carbonyl (C=O) groups is 2. The molecule has 5 nitrogen and oxygen atoms in total. The largest absolute Gasteiger partial charge is 0.303 e. The zero-order valence-electron chi connectivity index (χ0n) is 14.0. The van der Waals surface area contributed by atoms with Gasteiger partial charge >= 0.3 is 0 Å². The smallest absolute Gasteiger partial charge is 0.240 e. The van der Waals surface area contributed by atoms with Crippen molar-refractivity contribution in [1.29, 1.82) is 0 Å². The third kappa shape index (κ3) is 4.59. The molecule has 1 aliphatic rings. The van der Waals surface area contributed by atoms with Gasteiger partial charge in [0.2, 0.25) is 5.91 Å². The molecule has 0 saturated carbocycles. The summed E-state index contributed by atoms with van der Waals surface area (Å²) in [5, 5.41) is 11.1. The van der Waals surface area contributed by atoms with Crippen LogP contribution in [0.5, 0.6) is 0 Å². The highest BCUT2D eigenvalue weighted by Crippen LogP contribution is 2.25. The quantitative estimate of drug-likeness (QED) is 0.483. The number of Topliss-reactive ketones (excluding diaryl/α,β-unsaturated/α-hetero) is 1. The minimum absolute atomic E-state index is 0.0962. The fourth-order valence-corrected chi connectivity index (χ4v) is 3.42. The Morgan fingerprint density at radius 1 is 1.27 bits per heavy atom. The first kappa shape index (κ1) is 18.4. The number of carbonyl (C=O) groups excluding carboxylic acids is 2. The summed E-state index contributed by atoms with van der Waals surface area (Å²) in [6, 6.07) is 14.6. The number of ketones is 1. The van der Waals surface area contributed by atoms with Gasteiger partial charge in [-0.05, 0) is 36.2 Å². The minimum atomic E-state index is -0.510. The number of nitrogens with one attached hydrogen (secondary N) is 1. The van der Waals surface area contributed by atoms with Gasteiger partial charge in [-0.1, -0.05) is 53.7 Å². The number of thioether (sulfide) groups is 1. The molecule has 1 heterocycles. The highest BCUT2D eigenvalue weighted by Gasteiger charge is 2.32. The van der Waals surface area contributed by atoms with Gasteiger partial charge in [0.25, 0.3) is 0 Å². The van der Waals surface area contributed by atoms with Crippen LogP contribution in [0.25, 0.3) is 0 Å². The van der Waals surface area contributed by atoms with Gasteiger partial charge in [-0.25, -0.2) is 0 Å². The van der Waals surface area contributed by atoms with Crippen LogP contribution in [0.4, 0.5) is 0 Å². The number of amides is 1. The van der Waals surface area contributed by atoms with Gasteiger partial charge in [-0.2, -0.15) is 5.10 Å². The van der Waals surface area contributed by atoms with Crippen LogP contribution in [0.15, 0.2) is 58.7 Å². The molecular formula is C19H16ClN3O2S. The van der Waals surface area contributed by atoms with Gasteiger partial charge < -0.3 is 5.32 Å². The normalized spacial score (nSPS) is 18.5. The van der Waals surface area contributed by atoms with Gasteiger partial charge in [0, 0.05) is 17.0 Å². The van der Waals surface area contributed by atoms with Gasteiger partial charge in [-0.15, -0.1) is 5.10 Å². The summed E-state index contributed by atoms with van der Waals surface area (Å²) in [7, 11) is 0. The van der Waals surface area contributed by atoms with Crippen LogP contribution in [0.3, 0.4) is 0 Å². The number of benzene rings is 2. The maximum Gasteiger partial charge on any atom is 0.240 e. The number of nitrogens with zero attached hydrogens (tertiary/aromatic N) is 2. The Morgan fingerprint density at radius 2 is 2.04 bits per heavy atom. The lowest BCUT2D eigenvalue weighted by Gasteiger charge is -2.06. The van der Waals surface area contributed by atoms with Crippen molar-refractivity contribution in [3.63, 3.8) is 0 Å². The van der Waals surface area contributed by atoms with Gasteiger partial charge in [0.05, 0.1) is 11.5 Å². The van der Waals surface area contributed by atoms with E-state index in [0.717, 1.165) is 11.1 Å².